The van der Waals surface area contributed by atoms with Gasteiger partial charge in [0.1, 0.15) is 60.4 Å². The van der Waals surface area contributed by atoms with Gasteiger partial charge in [0.05, 0.1) is 18.8 Å². The third-order valence-electron chi connectivity index (χ3n) is 12.1. The number of aliphatic carboxylic acids is 2. The molecule has 0 aliphatic heterocycles. The van der Waals surface area contributed by atoms with E-state index in [1.165, 1.54) is 18.7 Å². The largest absolute Gasteiger partial charge is 0.481 e. The van der Waals surface area contributed by atoms with E-state index in [0.717, 1.165) is 13.8 Å². The minimum absolute atomic E-state index is 0.0354. The van der Waals surface area contributed by atoms with Crippen molar-refractivity contribution in [2.45, 2.75) is 165 Å². The number of carbonyl (C=O) groups is 12. The molecule has 1 aromatic carbocycles. The van der Waals surface area contributed by atoms with E-state index >= 15 is 0 Å². The number of hydrogen-bond acceptors (Lipinski definition) is 18. The number of nitrogens with one attached hydrogen (secondary N) is 9. The van der Waals surface area contributed by atoms with Crippen molar-refractivity contribution >= 4 is 88.7 Å². The Kier molecular flexibility index (Phi) is 33.0. The Morgan fingerprint density at radius 2 is 1.00 bits per heavy atom. The maximum atomic E-state index is 14.4. The Hall–Kier alpha value is -7.68. The molecule has 0 fully saturated rings. The van der Waals surface area contributed by atoms with Gasteiger partial charge in [-0.2, -0.15) is 11.8 Å². The highest BCUT2D eigenvalue weighted by molar-refractivity contribution is 7.98. The number of benzene rings is 1. The number of hydrogen-bond donors (Lipinski definition) is 18. The van der Waals surface area contributed by atoms with Crippen LogP contribution in [0.15, 0.2) is 35.3 Å². The first-order chi connectivity index (χ1) is 38.4. The summed E-state index contributed by atoms with van der Waals surface area (Å²) in [4.78, 5) is 163. The van der Waals surface area contributed by atoms with E-state index < -0.39 is 176 Å². The van der Waals surface area contributed by atoms with Gasteiger partial charge in [-0.05, 0) is 82.8 Å². The average molecular weight is 1180 g/mol. The Bertz CT molecular complexity index is 2360. The van der Waals surface area contributed by atoms with Crippen molar-refractivity contribution in [2.75, 3.05) is 25.2 Å². The zero-order valence-corrected chi connectivity index (χ0v) is 47.5. The lowest BCUT2D eigenvalue weighted by Gasteiger charge is -2.29. The summed E-state index contributed by atoms with van der Waals surface area (Å²) in [6, 6.07) is -7.51. The van der Waals surface area contributed by atoms with Gasteiger partial charge in [-0.3, -0.25) is 57.7 Å². The lowest BCUT2D eigenvalue weighted by molar-refractivity contribution is -0.143. The molecule has 10 amide bonds. The molecule has 1 aromatic rings. The first kappa shape index (κ1) is 72.3. The van der Waals surface area contributed by atoms with Gasteiger partial charge in [0.2, 0.25) is 59.1 Å². The molecule has 12 atom stereocenters. The Morgan fingerprint density at radius 1 is 0.549 bits per heavy atom. The molecule has 82 heavy (non-hydrogen) atoms. The molecule has 0 bridgehead atoms. The molecule has 31 nitrogen and oxygen atoms in total. The fraction of sp³-hybridized carbons (Fsp3) is 0.620. The summed E-state index contributed by atoms with van der Waals surface area (Å²) in [6.45, 7) is 6.15. The molecule has 0 saturated heterocycles. The number of amides is 10. The summed E-state index contributed by atoms with van der Waals surface area (Å²) in [7, 11) is 0. The molecular weight excluding hydrogens is 1100 g/mol. The van der Waals surface area contributed by atoms with Crippen LogP contribution in [0.1, 0.15) is 91.5 Å². The van der Waals surface area contributed by atoms with Crippen molar-refractivity contribution < 1.29 is 83.1 Å². The van der Waals surface area contributed by atoms with Crippen LogP contribution in [0.25, 0.3) is 0 Å². The lowest BCUT2D eigenvalue weighted by atomic mass is 10.0. The summed E-state index contributed by atoms with van der Waals surface area (Å²) in [5.41, 5.74) is 22.0. The van der Waals surface area contributed by atoms with Gasteiger partial charge < -0.3 is 96.3 Å². The van der Waals surface area contributed by atoms with Gasteiger partial charge in [-0.25, -0.2) is 4.79 Å². The van der Waals surface area contributed by atoms with Gasteiger partial charge in [0, 0.05) is 25.8 Å². The average Bonchev–Trinajstić information content (AvgIpc) is 3.42. The van der Waals surface area contributed by atoms with E-state index in [1.54, 1.807) is 50.4 Å². The third-order valence-corrected chi connectivity index (χ3v) is 12.7. The van der Waals surface area contributed by atoms with Gasteiger partial charge in [0.15, 0.2) is 5.96 Å². The number of aliphatic hydroxyl groups excluding tert-OH is 3. The second-order valence-electron chi connectivity index (χ2n) is 19.7. The molecule has 0 aliphatic carbocycles. The predicted octanol–water partition coefficient (Wildman–Crippen LogP) is -6.24. The Balaban J connectivity index is 3.60. The molecule has 0 aliphatic rings. The Labute approximate surface area is 478 Å². The number of aliphatic imine (C=N–C) groups is 1. The normalized spacial score (nSPS) is 15.5. The second kappa shape index (κ2) is 37.4. The third kappa shape index (κ3) is 27.7. The summed E-state index contributed by atoms with van der Waals surface area (Å²) in [6.07, 6.45) is -4.24. The second-order valence-corrected chi connectivity index (χ2v) is 20.7. The van der Waals surface area contributed by atoms with Crippen LogP contribution in [0, 0.1) is 5.92 Å². The van der Waals surface area contributed by atoms with Crippen molar-refractivity contribution in [1.29, 1.82) is 0 Å². The summed E-state index contributed by atoms with van der Waals surface area (Å²) < 4.78 is 0. The SMILES string of the molecule is CSCC[C@H](NC(=O)[C@H](CCC(N)=O)NC(=O)[C@@H](NC(=O)[C@H](C)NC(=O)[C@@H](N)CO)[C@@H](C)O)C(=O)N[C@@H](Cc1ccccc1)C(=O)N[C@@H](CCC(=O)O)C(=O)N[C@@H](CC(C)C)C(=O)N[C@H](C(=O)N[C@@H](CCCN=C(N)N)C(=O)O)[C@@H](C)O. The first-order valence-corrected chi connectivity index (χ1v) is 27.6. The van der Waals surface area contributed by atoms with Gasteiger partial charge in [-0.15, -0.1) is 0 Å². The van der Waals surface area contributed by atoms with E-state index in [1.807, 2.05) is 0 Å². The van der Waals surface area contributed by atoms with E-state index in [0.29, 0.717) is 5.56 Å². The highest BCUT2D eigenvalue weighted by Gasteiger charge is 2.37. The maximum Gasteiger partial charge on any atom is 0.326 e. The van der Waals surface area contributed by atoms with Crippen LogP contribution in [-0.4, -0.2) is 200 Å². The van der Waals surface area contributed by atoms with E-state index in [2.05, 4.69) is 52.8 Å². The summed E-state index contributed by atoms with van der Waals surface area (Å²) >= 11 is 1.26. The molecule has 0 radical (unpaired) electrons. The number of primary amides is 1. The topological polar surface area (TPSA) is 531 Å². The standard InChI is InChI=1S/C50H82N14O17S/c1-24(2)21-34(46(77)64-39(27(5)67)48(79)60-33(49(80)81)13-10-19-55-50(53)54)61-43(74)31(15-17-37(69)70)57-45(76)35(22-28-11-8-7-9-12-28)62-44(75)32(18-20-82-6)58-42(73)30(14-16-36(52)68)59-47(78)38(26(4)66)63-40(71)25(3)56-41(72)29(51)23-65/h7-9,11-12,24-27,29-35,38-39,65-67H,10,13-23,51H2,1-6H3,(H2,52,68)(H,56,72)(H,57,76)(H,58,73)(H,59,78)(H,60,79)(H,61,74)(H,62,75)(H,63,71)(H,64,77)(H,69,70)(H,80,81)(H4,53,54,55)/t25-,26+,27+,29-,30-,31-,32-,33-,34-,35-,38-,39-/m0/s1. The van der Waals surface area contributed by atoms with Gasteiger partial charge in [0.25, 0.3) is 0 Å². The van der Waals surface area contributed by atoms with Crippen LogP contribution in [0.4, 0.5) is 0 Å². The number of carboxylic acid groups (broad SMARTS) is 2. The van der Waals surface area contributed by atoms with Crippen molar-refractivity contribution in [3.8, 4) is 0 Å². The number of nitrogens with two attached hydrogens (primary N) is 4. The molecule has 0 aromatic heterocycles. The highest BCUT2D eigenvalue weighted by Crippen LogP contribution is 2.12. The van der Waals surface area contributed by atoms with Crippen molar-refractivity contribution in [1.82, 2.24) is 47.9 Å². The molecule has 1 rings (SSSR count). The van der Waals surface area contributed by atoms with Crippen molar-refractivity contribution in [2.24, 2.45) is 33.8 Å². The fourth-order valence-corrected chi connectivity index (χ4v) is 8.01. The van der Waals surface area contributed by atoms with Crippen LogP contribution >= 0.6 is 11.8 Å². The predicted molar refractivity (Wildman–Crippen MR) is 297 cm³/mol. The number of rotatable bonds is 39. The minimum atomic E-state index is -1.77. The van der Waals surface area contributed by atoms with Gasteiger partial charge in [-0.1, -0.05) is 44.2 Å². The molecule has 22 N–H and O–H groups in total. The van der Waals surface area contributed by atoms with Crippen molar-refractivity contribution in [3.05, 3.63) is 35.9 Å². The molecule has 460 valence electrons. The number of nitrogens with zero attached hydrogens (tertiary/aromatic N) is 1. The van der Waals surface area contributed by atoms with Crippen molar-refractivity contribution in [3.63, 3.8) is 0 Å². The smallest absolute Gasteiger partial charge is 0.326 e. The number of guanidine groups is 1. The minimum Gasteiger partial charge on any atom is -0.481 e. The van der Waals surface area contributed by atoms with Crippen LogP contribution in [0.5, 0.6) is 0 Å². The highest BCUT2D eigenvalue weighted by atomic mass is 32.2. The number of carboxylic acids is 2. The van der Waals surface area contributed by atoms with E-state index in [4.69, 9.17) is 22.9 Å². The fourth-order valence-electron chi connectivity index (χ4n) is 7.54. The van der Waals surface area contributed by atoms with E-state index in [9.17, 15) is 83.1 Å². The number of carbonyl (C=O) groups excluding carboxylic acids is 10. The number of thioether (sulfide) groups is 1. The van der Waals surface area contributed by atoms with Gasteiger partial charge >= 0.3 is 11.9 Å². The lowest BCUT2D eigenvalue weighted by Crippen LogP contribution is -2.62. The summed E-state index contributed by atoms with van der Waals surface area (Å²) in [5, 5.41) is 71.1. The monoisotopic (exact) mass is 1180 g/mol. The van der Waals surface area contributed by atoms with Crippen LogP contribution in [0.3, 0.4) is 0 Å². The zero-order chi connectivity index (χ0) is 62.4. The van der Waals surface area contributed by atoms with Crippen LogP contribution in [-0.2, 0) is 64.0 Å². The molecule has 0 heterocycles. The first-order valence-electron chi connectivity index (χ1n) is 26.2. The molecule has 0 saturated carbocycles. The quantitative estimate of drug-likeness (QED) is 0.0166. The molecule has 0 spiro atoms. The molecule has 0 unspecified atom stereocenters. The van der Waals surface area contributed by atoms with E-state index in [-0.39, 0.29) is 56.3 Å². The van der Waals surface area contributed by atoms with Crippen LogP contribution < -0.4 is 70.8 Å². The Morgan fingerprint density at radius 3 is 1.46 bits per heavy atom. The number of aliphatic hydroxyl groups is 3. The van der Waals surface area contributed by atoms with Crippen LogP contribution in [0.2, 0.25) is 0 Å². The maximum absolute atomic E-state index is 14.4. The zero-order valence-electron chi connectivity index (χ0n) is 46.7. The summed E-state index contributed by atoms with van der Waals surface area (Å²) in [5.74, 6) is -13.4. The molecule has 32 heteroatoms. The molecular formula is C50H82N14O17S.